The van der Waals surface area contributed by atoms with Crippen LogP contribution in [0, 0.1) is 0 Å². The summed E-state index contributed by atoms with van der Waals surface area (Å²) < 4.78 is 15.4. The van der Waals surface area contributed by atoms with E-state index < -0.39 is 7.32 Å². The molecule has 0 fully saturated rings. The second-order valence-corrected chi connectivity index (χ2v) is 2.45. The third-order valence-electron chi connectivity index (χ3n) is 1.76. The van der Waals surface area contributed by atoms with Crippen molar-refractivity contribution in [3.8, 4) is 17.2 Å². The molecule has 2 heterocycles. The predicted molar refractivity (Wildman–Crippen MR) is 38.5 cm³/mol. The fraction of sp³-hybridized carbons (Fsp3) is 0. The first-order valence-corrected chi connectivity index (χ1v) is 3.27. The van der Waals surface area contributed by atoms with Crippen LogP contribution in [0.3, 0.4) is 0 Å². The number of anilines is 1. The molecule has 3 rings (SSSR count). The summed E-state index contributed by atoms with van der Waals surface area (Å²) in [6.45, 7) is 0. The highest BCUT2D eigenvalue weighted by Gasteiger charge is 2.47. The summed E-state index contributed by atoms with van der Waals surface area (Å²) in [6, 6.07) is 3.51. The van der Waals surface area contributed by atoms with Gasteiger partial charge in [-0.15, -0.1) is 0 Å². The zero-order valence-corrected chi connectivity index (χ0v) is 5.53. The van der Waals surface area contributed by atoms with Crippen LogP contribution in [0.1, 0.15) is 0 Å². The molecule has 2 N–H and O–H groups in total. The Labute approximate surface area is 63.0 Å². The summed E-state index contributed by atoms with van der Waals surface area (Å²) in [5, 5.41) is 0. The molecule has 0 spiro atoms. The van der Waals surface area contributed by atoms with Gasteiger partial charge in [-0.3, -0.25) is 0 Å². The molecule has 0 amide bonds. The van der Waals surface area contributed by atoms with Crippen molar-refractivity contribution in [3.63, 3.8) is 0 Å². The lowest BCUT2D eigenvalue weighted by Gasteiger charge is -2.09. The van der Waals surface area contributed by atoms with Crippen LogP contribution >= 0.6 is 0 Å². The van der Waals surface area contributed by atoms with E-state index in [1.807, 2.05) is 0 Å². The van der Waals surface area contributed by atoms with Crippen molar-refractivity contribution in [2.75, 3.05) is 5.73 Å². The molecule has 5 heteroatoms. The maximum atomic E-state index is 5.60. The predicted octanol–water partition coefficient (Wildman–Crippen LogP) is 0.417. The molecular formula is C6H4BNO3. The molecule has 0 aliphatic carbocycles. The van der Waals surface area contributed by atoms with Crippen molar-refractivity contribution in [1.29, 1.82) is 0 Å². The first-order valence-electron chi connectivity index (χ1n) is 3.27. The Morgan fingerprint density at radius 2 is 1.91 bits per heavy atom. The number of benzene rings is 1. The first kappa shape index (κ1) is 5.18. The third kappa shape index (κ3) is 0.472. The molecule has 0 aromatic heterocycles. The summed E-state index contributed by atoms with van der Waals surface area (Å²) in [4.78, 5) is 0. The summed E-state index contributed by atoms with van der Waals surface area (Å²) in [6.07, 6.45) is 0. The Morgan fingerprint density at radius 3 is 2.64 bits per heavy atom. The Kier molecular flexibility index (Phi) is 0.655. The lowest BCUT2D eigenvalue weighted by Crippen LogP contribution is -2.29. The topological polar surface area (TPSA) is 53.7 Å². The van der Waals surface area contributed by atoms with Crippen molar-refractivity contribution >= 4 is 13.0 Å². The van der Waals surface area contributed by atoms with Gasteiger partial charge in [-0.05, 0) is 12.1 Å². The van der Waals surface area contributed by atoms with Gasteiger partial charge in [0.05, 0.1) is 5.69 Å². The Morgan fingerprint density at radius 1 is 1.09 bits per heavy atom. The van der Waals surface area contributed by atoms with Gasteiger partial charge in [0.2, 0.25) is 0 Å². The van der Waals surface area contributed by atoms with E-state index in [9.17, 15) is 0 Å². The standard InChI is InChI=1S/C6H4BNO3/c8-3-1-2-4-6-5(3)10-7(9-4)11-6/h1-2H,8H2. The highest BCUT2D eigenvalue weighted by molar-refractivity contribution is 6.43. The number of rotatable bonds is 0. The number of hydrogen-bond acceptors (Lipinski definition) is 4. The number of hydrogen-bond donors (Lipinski definition) is 1. The smallest absolute Gasteiger partial charge is 0.486 e. The molecule has 1 aromatic carbocycles. The van der Waals surface area contributed by atoms with E-state index in [0.717, 1.165) is 0 Å². The molecule has 0 unspecified atom stereocenters. The fourth-order valence-corrected chi connectivity index (χ4v) is 1.25. The van der Waals surface area contributed by atoms with E-state index in [1.54, 1.807) is 12.1 Å². The Balaban J connectivity index is 2.38. The largest absolute Gasteiger partial charge is 0.864 e. The summed E-state index contributed by atoms with van der Waals surface area (Å²) in [5.41, 5.74) is 6.19. The molecule has 0 atom stereocenters. The second kappa shape index (κ2) is 1.39. The van der Waals surface area contributed by atoms with E-state index in [2.05, 4.69) is 0 Å². The Bertz CT molecular complexity index is 341. The molecule has 11 heavy (non-hydrogen) atoms. The van der Waals surface area contributed by atoms with Gasteiger partial charge in [0, 0.05) is 0 Å². The summed E-state index contributed by atoms with van der Waals surface area (Å²) >= 11 is 0. The zero-order chi connectivity index (χ0) is 7.42. The highest BCUT2D eigenvalue weighted by atomic mass is 16.8. The molecule has 0 saturated carbocycles. The molecule has 1 aromatic rings. The fourth-order valence-electron chi connectivity index (χ4n) is 1.25. The van der Waals surface area contributed by atoms with Gasteiger partial charge in [0.25, 0.3) is 0 Å². The van der Waals surface area contributed by atoms with Crippen LogP contribution in [0.15, 0.2) is 12.1 Å². The van der Waals surface area contributed by atoms with Crippen LogP contribution in [0.25, 0.3) is 0 Å². The van der Waals surface area contributed by atoms with Crippen molar-refractivity contribution in [2.45, 2.75) is 0 Å². The summed E-state index contributed by atoms with van der Waals surface area (Å²) in [5.74, 6) is 1.96. The van der Waals surface area contributed by atoms with Crippen LogP contribution in [0.2, 0.25) is 0 Å². The first-order chi connectivity index (χ1) is 5.34. The molecule has 54 valence electrons. The quantitative estimate of drug-likeness (QED) is 0.428. The van der Waals surface area contributed by atoms with Gasteiger partial charge in [0.15, 0.2) is 11.5 Å². The minimum Gasteiger partial charge on any atom is -0.486 e. The lowest BCUT2D eigenvalue weighted by molar-refractivity contribution is 0.384. The van der Waals surface area contributed by atoms with Gasteiger partial charge in [-0.1, -0.05) is 0 Å². The van der Waals surface area contributed by atoms with E-state index in [1.165, 1.54) is 0 Å². The summed E-state index contributed by atoms with van der Waals surface area (Å²) in [7, 11) is -0.599. The second-order valence-electron chi connectivity index (χ2n) is 2.45. The van der Waals surface area contributed by atoms with Crippen LogP contribution in [0.4, 0.5) is 5.69 Å². The molecule has 0 radical (unpaired) electrons. The maximum Gasteiger partial charge on any atom is 0.864 e. The number of nitrogens with two attached hydrogens (primary N) is 1. The van der Waals surface area contributed by atoms with Gasteiger partial charge in [0.1, 0.15) is 5.75 Å². The maximum absolute atomic E-state index is 5.60. The zero-order valence-electron chi connectivity index (χ0n) is 5.53. The Hall–Kier alpha value is -1.52. The minimum absolute atomic E-state index is 0.592. The third-order valence-corrected chi connectivity index (χ3v) is 1.76. The molecule has 2 aliphatic rings. The SMILES string of the molecule is Nc1ccc2c3c1OB(O2)O3. The van der Waals surface area contributed by atoms with Crippen LogP contribution < -0.4 is 19.7 Å². The van der Waals surface area contributed by atoms with Crippen LogP contribution in [-0.2, 0) is 0 Å². The average molecular weight is 149 g/mol. The van der Waals surface area contributed by atoms with Gasteiger partial charge in [-0.25, -0.2) is 0 Å². The normalized spacial score (nSPS) is 15.8. The van der Waals surface area contributed by atoms with Gasteiger partial charge < -0.3 is 19.7 Å². The molecule has 2 aliphatic heterocycles. The molecular weight excluding hydrogens is 145 g/mol. The van der Waals surface area contributed by atoms with Crippen LogP contribution in [0.5, 0.6) is 17.2 Å². The van der Waals surface area contributed by atoms with E-state index >= 15 is 0 Å². The van der Waals surface area contributed by atoms with E-state index in [-0.39, 0.29) is 0 Å². The molecule has 2 bridgehead atoms. The van der Waals surface area contributed by atoms with Crippen molar-refractivity contribution in [2.24, 2.45) is 0 Å². The monoisotopic (exact) mass is 149 g/mol. The van der Waals surface area contributed by atoms with Crippen molar-refractivity contribution in [3.05, 3.63) is 12.1 Å². The van der Waals surface area contributed by atoms with E-state index in [0.29, 0.717) is 22.9 Å². The minimum atomic E-state index is -0.599. The van der Waals surface area contributed by atoms with Crippen molar-refractivity contribution < 1.29 is 14.0 Å². The van der Waals surface area contributed by atoms with Gasteiger partial charge in [-0.2, -0.15) is 0 Å². The lowest BCUT2D eigenvalue weighted by atomic mass is 10.2. The average Bonchev–Trinajstić information content (AvgIpc) is 2.54. The van der Waals surface area contributed by atoms with E-state index in [4.69, 9.17) is 19.7 Å². The van der Waals surface area contributed by atoms with Gasteiger partial charge >= 0.3 is 7.32 Å². The van der Waals surface area contributed by atoms with Crippen molar-refractivity contribution in [1.82, 2.24) is 0 Å². The number of fused-ring (bicyclic) bond motifs is 1. The highest BCUT2D eigenvalue weighted by Crippen LogP contribution is 2.50. The molecule has 4 nitrogen and oxygen atoms in total. The molecule has 0 saturated heterocycles. The number of nitrogen functional groups attached to an aromatic ring is 1. The van der Waals surface area contributed by atoms with Crippen LogP contribution in [-0.4, -0.2) is 7.32 Å².